The standard InChI is InChI=1S/C11H13NO2/c13-8-12-6-2-5-11(12)9-3-1-4-10(14)7-9/h1,3-4,7-8,11,14H,2,5-6H2. The number of amides is 1. The van der Waals surface area contributed by atoms with Crippen molar-refractivity contribution in [1.82, 2.24) is 4.90 Å². The second-order valence-electron chi connectivity index (χ2n) is 3.60. The van der Waals surface area contributed by atoms with Gasteiger partial charge in [0.1, 0.15) is 5.75 Å². The van der Waals surface area contributed by atoms with Crippen LogP contribution in [-0.2, 0) is 4.79 Å². The van der Waals surface area contributed by atoms with Crippen molar-refractivity contribution in [2.45, 2.75) is 18.9 Å². The lowest BCUT2D eigenvalue weighted by Gasteiger charge is -2.20. The van der Waals surface area contributed by atoms with Crippen molar-refractivity contribution in [3.05, 3.63) is 29.8 Å². The molecule has 0 spiro atoms. The Morgan fingerprint density at radius 1 is 1.50 bits per heavy atom. The van der Waals surface area contributed by atoms with Crippen LogP contribution in [0.4, 0.5) is 0 Å². The monoisotopic (exact) mass is 191 g/mol. The van der Waals surface area contributed by atoms with Gasteiger partial charge in [-0.2, -0.15) is 0 Å². The predicted molar refractivity (Wildman–Crippen MR) is 52.9 cm³/mol. The molecule has 1 heterocycles. The van der Waals surface area contributed by atoms with Crippen molar-refractivity contribution in [2.75, 3.05) is 6.54 Å². The van der Waals surface area contributed by atoms with Gasteiger partial charge in [0.2, 0.25) is 6.41 Å². The number of carbonyl (C=O) groups excluding carboxylic acids is 1. The molecule has 0 saturated carbocycles. The van der Waals surface area contributed by atoms with E-state index in [1.165, 1.54) is 0 Å². The first-order chi connectivity index (χ1) is 6.81. The number of nitrogens with zero attached hydrogens (tertiary/aromatic N) is 1. The fraction of sp³-hybridized carbons (Fsp3) is 0.364. The Morgan fingerprint density at radius 2 is 2.36 bits per heavy atom. The van der Waals surface area contributed by atoms with Gasteiger partial charge >= 0.3 is 0 Å². The van der Waals surface area contributed by atoms with Crippen LogP contribution in [0.3, 0.4) is 0 Å². The second kappa shape index (κ2) is 3.70. The molecule has 1 aliphatic heterocycles. The normalized spacial score (nSPS) is 21.1. The maximum Gasteiger partial charge on any atom is 0.210 e. The van der Waals surface area contributed by atoms with E-state index in [1.807, 2.05) is 12.1 Å². The van der Waals surface area contributed by atoms with Crippen molar-refractivity contribution < 1.29 is 9.90 Å². The van der Waals surface area contributed by atoms with Gasteiger partial charge in [0.05, 0.1) is 6.04 Å². The Hall–Kier alpha value is -1.51. The summed E-state index contributed by atoms with van der Waals surface area (Å²) in [5, 5.41) is 9.33. The Bertz CT molecular complexity index is 338. The summed E-state index contributed by atoms with van der Waals surface area (Å²) in [7, 11) is 0. The molecule has 1 amide bonds. The number of hydrogen-bond acceptors (Lipinski definition) is 2. The Balaban J connectivity index is 2.25. The number of phenolic OH excluding ortho intramolecular Hbond substituents is 1. The summed E-state index contributed by atoms with van der Waals surface area (Å²) in [4.78, 5) is 12.5. The molecule has 1 atom stereocenters. The number of benzene rings is 1. The number of rotatable bonds is 2. The van der Waals surface area contributed by atoms with Crippen LogP contribution in [0.5, 0.6) is 5.75 Å². The SMILES string of the molecule is O=CN1CCCC1c1cccc(O)c1. The molecular formula is C11H13NO2. The summed E-state index contributed by atoms with van der Waals surface area (Å²) in [6.45, 7) is 0.823. The molecule has 2 rings (SSSR count). The fourth-order valence-electron chi connectivity index (χ4n) is 2.01. The van der Waals surface area contributed by atoms with Crippen LogP contribution >= 0.6 is 0 Å². The highest BCUT2D eigenvalue weighted by Gasteiger charge is 2.24. The zero-order chi connectivity index (χ0) is 9.97. The van der Waals surface area contributed by atoms with Crippen molar-refractivity contribution in [2.24, 2.45) is 0 Å². The third-order valence-electron chi connectivity index (χ3n) is 2.68. The summed E-state index contributed by atoms with van der Waals surface area (Å²) in [5.41, 5.74) is 1.02. The topological polar surface area (TPSA) is 40.5 Å². The zero-order valence-electron chi connectivity index (χ0n) is 7.89. The Morgan fingerprint density at radius 3 is 3.07 bits per heavy atom. The van der Waals surface area contributed by atoms with Gasteiger partial charge in [-0.15, -0.1) is 0 Å². The molecule has 3 nitrogen and oxygen atoms in total. The first kappa shape index (κ1) is 9.06. The molecule has 0 aromatic heterocycles. The van der Waals surface area contributed by atoms with E-state index < -0.39 is 0 Å². The predicted octanol–water partition coefficient (Wildman–Crippen LogP) is 1.69. The number of phenols is 1. The number of hydrogen-bond donors (Lipinski definition) is 1. The lowest BCUT2D eigenvalue weighted by molar-refractivity contribution is -0.118. The molecule has 1 fully saturated rings. The van der Waals surface area contributed by atoms with Gasteiger partial charge in [0.15, 0.2) is 0 Å². The van der Waals surface area contributed by atoms with E-state index in [2.05, 4.69) is 0 Å². The molecule has 0 radical (unpaired) electrons. The van der Waals surface area contributed by atoms with Crippen molar-refractivity contribution >= 4 is 6.41 Å². The maximum atomic E-state index is 10.7. The summed E-state index contributed by atoms with van der Waals surface area (Å²) >= 11 is 0. The average molecular weight is 191 g/mol. The number of carbonyl (C=O) groups is 1. The van der Waals surface area contributed by atoms with Gasteiger partial charge in [-0.05, 0) is 30.5 Å². The first-order valence-electron chi connectivity index (χ1n) is 4.81. The summed E-state index contributed by atoms with van der Waals surface area (Å²) in [6, 6.07) is 7.29. The van der Waals surface area contributed by atoms with E-state index in [-0.39, 0.29) is 11.8 Å². The van der Waals surface area contributed by atoms with Crippen molar-refractivity contribution in [1.29, 1.82) is 0 Å². The highest BCUT2D eigenvalue weighted by atomic mass is 16.3. The number of likely N-dealkylation sites (tertiary alicyclic amines) is 1. The fourth-order valence-corrected chi connectivity index (χ4v) is 2.01. The van der Waals surface area contributed by atoms with Crippen molar-refractivity contribution in [3.8, 4) is 5.75 Å². The molecular weight excluding hydrogens is 178 g/mol. The van der Waals surface area contributed by atoms with Gasteiger partial charge in [-0.3, -0.25) is 4.79 Å². The molecule has 0 aliphatic carbocycles. The molecule has 0 bridgehead atoms. The smallest absolute Gasteiger partial charge is 0.210 e. The van der Waals surface area contributed by atoms with Gasteiger partial charge in [-0.25, -0.2) is 0 Å². The van der Waals surface area contributed by atoms with E-state index in [1.54, 1.807) is 17.0 Å². The quantitative estimate of drug-likeness (QED) is 0.722. The van der Waals surface area contributed by atoms with E-state index >= 15 is 0 Å². The minimum atomic E-state index is 0.152. The average Bonchev–Trinajstić information content (AvgIpc) is 2.65. The molecule has 1 aromatic carbocycles. The molecule has 74 valence electrons. The highest BCUT2D eigenvalue weighted by Crippen LogP contribution is 2.31. The second-order valence-corrected chi connectivity index (χ2v) is 3.60. The summed E-state index contributed by atoms with van der Waals surface area (Å²) in [5.74, 6) is 0.264. The van der Waals surface area contributed by atoms with Crippen LogP contribution < -0.4 is 0 Å². The van der Waals surface area contributed by atoms with E-state index in [4.69, 9.17) is 0 Å². The zero-order valence-corrected chi connectivity index (χ0v) is 7.89. The highest BCUT2D eigenvalue weighted by molar-refractivity contribution is 5.50. The number of aromatic hydroxyl groups is 1. The first-order valence-corrected chi connectivity index (χ1v) is 4.81. The summed E-state index contributed by atoms with van der Waals surface area (Å²) in [6.07, 6.45) is 2.92. The van der Waals surface area contributed by atoms with E-state index in [9.17, 15) is 9.90 Å². The molecule has 1 N–H and O–H groups in total. The van der Waals surface area contributed by atoms with Crippen molar-refractivity contribution in [3.63, 3.8) is 0 Å². The molecule has 1 aromatic rings. The van der Waals surface area contributed by atoms with Gasteiger partial charge < -0.3 is 10.0 Å². The minimum absolute atomic E-state index is 0.152. The van der Waals surface area contributed by atoms with Crippen LogP contribution in [0.2, 0.25) is 0 Å². The Kier molecular flexibility index (Phi) is 2.39. The largest absolute Gasteiger partial charge is 0.508 e. The van der Waals surface area contributed by atoms with Crippen LogP contribution in [0.1, 0.15) is 24.4 Å². The maximum absolute atomic E-state index is 10.7. The lowest BCUT2D eigenvalue weighted by atomic mass is 10.0. The van der Waals surface area contributed by atoms with Crippen LogP contribution in [-0.4, -0.2) is 23.0 Å². The lowest BCUT2D eigenvalue weighted by Crippen LogP contribution is -2.20. The van der Waals surface area contributed by atoms with Crippen LogP contribution in [0, 0.1) is 0 Å². The third kappa shape index (κ3) is 1.58. The van der Waals surface area contributed by atoms with Gasteiger partial charge in [0, 0.05) is 6.54 Å². The molecule has 3 heteroatoms. The van der Waals surface area contributed by atoms with Gasteiger partial charge in [0.25, 0.3) is 0 Å². The molecule has 1 unspecified atom stereocenters. The Labute approximate surface area is 83.0 Å². The molecule has 14 heavy (non-hydrogen) atoms. The van der Waals surface area contributed by atoms with Crippen LogP contribution in [0.15, 0.2) is 24.3 Å². The molecule has 1 aliphatic rings. The van der Waals surface area contributed by atoms with E-state index in [0.717, 1.165) is 31.4 Å². The minimum Gasteiger partial charge on any atom is -0.508 e. The third-order valence-corrected chi connectivity index (χ3v) is 2.68. The molecule has 1 saturated heterocycles. The van der Waals surface area contributed by atoms with E-state index in [0.29, 0.717) is 0 Å². The van der Waals surface area contributed by atoms with Crippen LogP contribution in [0.25, 0.3) is 0 Å². The summed E-state index contributed by atoms with van der Waals surface area (Å²) < 4.78 is 0. The van der Waals surface area contributed by atoms with Gasteiger partial charge in [-0.1, -0.05) is 12.1 Å².